The number of nitrogens with zero attached hydrogens (tertiary/aromatic N) is 1. The van der Waals surface area contributed by atoms with E-state index in [9.17, 15) is 10.0 Å². The second-order valence-corrected chi connectivity index (χ2v) is 3.59. The molecule has 1 aliphatic heterocycles. The van der Waals surface area contributed by atoms with E-state index in [1.807, 2.05) is 19.1 Å². The molecule has 3 N–H and O–H groups in total. The molecule has 4 nitrogen and oxygen atoms in total. The third-order valence-corrected chi connectivity index (χ3v) is 2.43. The summed E-state index contributed by atoms with van der Waals surface area (Å²) in [4.78, 5) is 11.4. The van der Waals surface area contributed by atoms with Gasteiger partial charge in [0.2, 0.25) is 0 Å². The number of carbonyl (C=O) groups excluding carboxylic acids is 1. The Kier molecular flexibility index (Phi) is 2.02. The van der Waals surface area contributed by atoms with Gasteiger partial charge < -0.3 is 5.73 Å². The van der Waals surface area contributed by atoms with Crippen LogP contribution in [-0.4, -0.2) is 17.2 Å². The van der Waals surface area contributed by atoms with E-state index in [2.05, 4.69) is 0 Å². The Morgan fingerprint density at radius 1 is 1.57 bits per heavy atom. The number of rotatable bonds is 0. The SMILES string of the molecule is Cc1ccc2c(c1)N(O)C(=O)[C@@H](N)C2. The molecule has 1 aliphatic rings. The van der Waals surface area contributed by atoms with Gasteiger partial charge in [-0.05, 0) is 30.5 Å². The number of aryl methyl sites for hydroxylation is 1. The van der Waals surface area contributed by atoms with E-state index in [-0.39, 0.29) is 0 Å². The van der Waals surface area contributed by atoms with Gasteiger partial charge in [-0.1, -0.05) is 12.1 Å². The Balaban J connectivity index is 2.51. The highest BCUT2D eigenvalue weighted by atomic mass is 16.5. The first-order valence-electron chi connectivity index (χ1n) is 4.47. The van der Waals surface area contributed by atoms with Gasteiger partial charge in [0.05, 0.1) is 11.7 Å². The normalized spacial score (nSPS) is 20.9. The first-order chi connectivity index (χ1) is 6.59. The summed E-state index contributed by atoms with van der Waals surface area (Å²) in [6, 6.07) is 4.98. The van der Waals surface area contributed by atoms with Crippen LogP contribution in [0.5, 0.6) is 0 Å². The van der Waals surface area contributed by atoms with Crippen molar-refractivity contribution in [3.05, 3.63) is 29.3 Å². The van der Waals surface area contributed by atoms with Crippen LogP contribution in [-0.2, 0) is 11.2 Å². The topological polar surface area (TPSA) is 66.6 Å². The van der Waals surface area contributed by atoms with Gasteiger partial charge in [0.15, 0.2) is 0 Å². The van der Waals surface area contributed by atoms with Crippen LogP contribution in [0.25, 0.3) is 0 Å². The summed E-state index contributed by atoms with van der Waals surface area (Å²) < 4.78 is 0. The van der Waals surface area contributed by atoms with Crippen molar-refractivity contribution >= 4 is 11.6 Å². The van der Waals surface area contributed by atoms with Crippen molar-refractivity contribution in [1.29, 1.82) is 0 Å². The maximum atomic E-state index is 11.4. The molecule has 1 heterocycles. The van der Waals surface area contributed by atoms with Crippen LogP contribution in [0.15, 0.2) is 18.2 Å². The average molecular weight is 192 g/mol. The van der Waals surface area contributed by atoms with E-state index >= 15 is 0 Å². The van der Waals surface area contributed by atoms with Crippen molar-refractivity contribution in [2.75, 3.05) is 5.06 Å². The summed E-state index contributed by atoms with van der Waals surface area (Å²) in [5.41, 5.74) is 8.04. The van der Waals surface area contributed by atoms with Crippen molar-refractivity contribution < 1.29 is 10.0 Å². The molecular weight excluding hydrogens is 180 g/mol. The minimum absolute atomic E-state index is 0.442. The van der Waals surface area contributed by atoms with E-state index in [4.69, 9.17) is 5.73 Å². The van der Waals surface area contributed by atoms with Gasteiger partial charge in [0, 0.05) is 0 Å². The van der Waals surface area contributed by atoms with Gasteiger partial charge in [-0.2, -0.15) is 5.06 Å². The molecule has 4 heteroatoms. The molecular formula is C10H12N2O2. The standard InChI is InChI=1S/C10H12N2O2/c1-6-2-3-7-5-8(11)10(13)12(14)9(7)4-6/h2-4,8,14H,5,11H2,1H3/t8-/m0/s1. The number of nitrogens with two attached hydrogens (primary N) is 1. The van der Waals surface area contributed by atoms with Crippen molar-refractivity contribution in [3.8, 4) is 0 Å². The van der Waals surface area contributed by atoms with Crippen LogP contribution in [0.3, 0.4) is 0 Å². The van der Waals surface area contributed by atoms with Crippen LogP contribution in [0.4, 0.5) is 5.69 Å². The van der Waals surface area contributed by atoms with E-state index in [0.717, 1.165) is 11.1 Å². The quantitative estimate of drug-likeness (QED) is 0.591. The second-order valence-electron chi connectivity index (χ2n) is 3.59. The van der Waals surface area contributed by atoms with Crippen molar-refractivity contribution in [1.82, 2.24) is 0 Å². The number of hydroxylamine groups is 1. The molecule has 0 radical (unpaired) electrons. The lowest BCUT2D eigenvalue weighted by Crippen LogP contribution is -2.47. The van der Waals surface area contributed by atoms with Crippen LogP contribution in [0, 0.1) is 6.92 Å². The molecule has 0 aromatic heterocycles. The first kappa shape index (κ1) is 9.18. The Hall–Kier alpha value is -1.39. The lowest BCUT2D eigenvalue weighted by atomic mass is 9.98. The number of hydrogen-bond acceptors (Lipinski definition) is 3. The molecule has 1 atom stereocenters. The minimum Gasteiger partial charge on any atom is -0.320 e. The van der Waals surface area contributed by atoms with E-state index in [1.165, 1.54) is 0 Å². The summed E-state index contributed by atoms with van der Waals surface area (Å²) >= 11 is 0. The Morgan fingerprint density at radius 2 is 2.29 bits per heavy atom. The van der Waals surface area contributed by atoms with Crippen LogP contribution in [0.2, 0.25) is 0 Å². The summed E-state index contributed by atoms with van der Waals surface area (Å²) in [6.07, 6.45) is 0.492. The number of fused-ring (bicyclic) bond motifs is 1. The summed E-state index contributed by atoms with van der Waals surface area (Å²) in [7, 11) is 0. The van der Waals surface area contributed by atoms with Gasteiger partial charge in [-0.3, -0.25) is 10.0 Å². The van der Waals surface area contributed by atoms with Crippen molar-refractivity contribution in [2.24, 2.45) is 5.73 Å². The third kappa shape index (κ3) is 1.29. The highest BCUT2D eigenvalue weighted by Crippen LogP contribution is 2.26. The lowest BCUT2D eigenvalue weighted by Gasteiger charge is -2.27. The number of anilines is 1. The summed E-state index contributed by atoms with van der Waals surface area (Å²) in [5.74, 6) is -0.442. The zero-order valence-corrected chi connectivity index (χ0v) is 7.90. The maximum Gasteiger partial charge on any atom is 0.267 e. The zero-order valence-electron chi connectivity index (χ0n) is 7.90. The molecule has 2 rings (SSSR count). The zero-order chi connectivity index (χ0) is 10.3. The predicted molar refractivity (Wildman–Crippen MR) is 52.1 cm³/mol. The number of benzene rings is 1. The van der Waals surface area contributed by atoms with Gasteiger partial charge in [0.25, 0.3) is 5.91 Å². The Bertz CT molecular complexity index is 390. The molecule has 1 amide bonds. The molecule has 0 aliphatic carbocycles. The molecule has 0 saturated carbocycles. The Morgan fingerprint density at radius 3 is 3.00 bits per heavy atom. The molecule has 0 spiro atoms. The lowest BCUT2D eigenvalue weighted by molar-refractivity contribution is -0.125. The van der Waals surface area contributed by atoms with E-state index < -0.39 is 11.9 Å². The van der Waals surface area contributed by atoms with Gasteiger partial charge in [0.1, 0.15) is 0 Å². The third-order valence-electron chi connectivity index (χ3n) is 2.43. The molecule has 1 aromatic carbocycles. The van der Waals surface area contributed by atoms with Crippen molar-refractivity contribution in [2.45, 2.75) is 19.4 Å². The molecule has 0 fully saturated rings. The smallest absolute Gasteiger partial charge is 0.267 e. The molecule has 14 heavy (non-hydrogen) atoms. The van der Waals surface area contributed by atoms with Crippen molar-refractivity contribution in [3.63, 3.8) is 0 Å². The summed E-state index contributed by atoms with van der Waals surface area (Å²) in [6.45, 7) is 1.91. The average Bonchev–Trinajstić information content (AvgIpc) is 2.16. The number of hydrogen-bond donors (Lipinski definition) is 2. The van der Waals surface area contributed by atoms with Gasteiger partial charge >= 0.3 is 0 Å². The Labute approximate surface area is 81.9 Å². The molecule has 0 saturated heterocycles. The van der Waals surface area contributed by atoms with Crippen LogP contribution >= 0.6 is 0 Å². The number of amides is 1. The molecule has 0 unspecified atom stereocenters. The highest BCUT2D eigenvalue weighted by Gasteiger charge is 2.29. The second kappa shape index (κ2) is 3.08. The monoisotopic (exact) mass is 192 g/mol. The predicted octanol–water partition coefficient (Wildman–Crippen LogP) is 0.601. The first-order valence-corrected chi connectivity index (χ1v) is 4.47. The largest absolute Gasteiger partial charge is 0.320 e. The van der Waals surface area contributed by atoms with Crippen LogP contribution in [0.1, 0.15) is 11.1 Å². The van der Waals surface area contributed by atoms with Crippen LogP contribution < -0.4 is 10.8 Å². The van der Waals surface area contributed by atoms with E-state index in [1.54, 1.807) is 6.07 Å². The fourth-order valence-corrected chi connectivity index (χ4v) is 1.64. The maximum absolute atomic E-state index is 11.4. The van der Waals surface area contributed by atoms with Gasteiger partial charge in [-0.15, -0.1) is 0 Å². The molecule has 1 aromatic rings. The highest BCUT2D eigenvalue weighted by molar-refractivity contribution is 5.98. The number of carbonyl (C=O) groups is 1. The molecule has 0 bridgehead atoms. The minimum atomic E-state index is -0.629. The fraction of sp³-hybridized carbons (Fsp3) is 0.300. The molecule has 74 valence electrons. The van der Waals surface area contributed by atoms with Gasteiger partial charge in [-0.25, -0.2) is 0 Å². The fourth-order valence-electron chi connectivity index (χ4n) is 1.64. The summed E-state index contributed by atoms with van der Waals surface area (Å²) in [5, 5.41) is 10.2. The van der Waals surface area contributed by atoms with E-state index in [0.29, 0.717) is 17.2 Å².